The third kappa shape index (κ3) is 8.60. The highest BCUT2D eigenvalue weighted by atomic mass is 32.1. The van der Waals surface area contributed by atoms with E-state index in [0.29, 0.717) is 5.92 Å². The van der Waals surface area contributed by atoms with Crippen LogP contribution in [-0.2, 0) is 22.7 Å². The van der Waals surface area contributed by atoms with E-state index in [1.165, 1.54) is 49.1 Å². The van der Waals surface area contributed by atoms with Gasteiger partial charge in [-0.1, -0.05) is 0 Å². The van der Waals surface area contributed by atoms with Gasteiger partial charge in [-0.05, 0) is 62.3 Å². The van der Waals surface area contributed by atoms with Gasteiger partial charge in [0.05, 0.1) is 12.0 Å². The second kappa shape index (κ2) is 13.7. The highest BCUT2D eigenvalue weighted by molar-refractivity contribution is 7.10. The molecule has 2 saturated heterocycles. The van der Waals surface area contributed by atoms with Crippen molar-refractivity contribution in [1.29, 1.82) is 0 Å². The van der Waals surface area contributed by atoms with Crippen LogP contribution in [0.4, 0.5) is 0 Å². The van der Waals surface area contributed by atoms with E-state index in [1.54, 1.807) is 6.07 Å². The van der Waals surface area contributed by atoms with Gasteiger partial charge in [0.2, 0.25) is 0 Å². The molecule has 0 spiro atoms. The van der Waals surface area contributed by atoms with E-state index in [9.17, 15) is 4.79 Å². The zero-order chi connectivity index (χ0) is 22.5. The third-order valence-corrected chi connectivity index (χ3v) is 6.29. The maximum absolute atomic E-state index is 11.5. The molecule has 4 heterocycles. The molecule has 2 fully saturated rings. The number of carbonyl (C=O) groups is 2. The fourth-order valence-corrected chi connectivity index (χ4v) is 4.98. The maximum atomic E-state index is 11.5. The molecule has 4 rings (SSSR count). The summed E-state index contributed by atoms with van der Waals surface area (Å²) in [7, 11) is 0. The Hall–Kier alpha value is -2.56. The summed E-state index contributed by atoms with van der Waals surface area (Å²) in [5.74, 6) is 0.375. The first-order valence-electron chi connectivity index (χ1n) is 10.3. The standard InChI is InChI=1S/C19H26N4OS.2CH2O2/c24-19-9-18(20-14-21-19)16-4-3-7-23(11-16)12-17-8-15(13-25-17)10-22-5-1-2-6-22;2*2-1-3/h8-9,13-14,16H,1-7,10-12H2,(H,20,21,24);2*1H,(H,2,3). The summed E-state index contributed by atoms with van der Waals surface area (Å²) in [5, 5.41) is 16.1. The van der Waals surface area contributed by atoms with Crippen LogP contribution >= 0.6 is 11.3 Å². The summed E-state index contributed by atoms with van der Waals surface area (Å²) in [4.78, 5) is 41.8. The lowest BCUT2D eigenvalue weighted by Crippen LogP contribution is -2.34. The van der Waals surface area contributed by atoms with Crippen LogP contribution in [-0.4, -0.2) is 69.1 Å². The Kier molecular flexibility index (Phi) is 10.9. The molecule has 0 amide bonds. The van der Waals surface area contributed by atoms with Crippen LogP contribution in [0.1, 0.15) is 47.7 Å². The van der Waals surface area contributed by atoms with Crippen LogP contribution < -0.4 is 5.56 Å². The lowest BCUT2D eigenvalue weighted by atomic mass is 9.94. The molecular weight excluding hydrogens is 420 g/mol. The Morgan fingerprint density at radius 2 is 1.74 bits per heavy atom. The Morgan fingerprint density at radius 3 is 2.42 bits per heavy atom. The summed E-state index contributed by atoms with van der Waals surface area (Å²) in [5.41, 5.74) is 2.35. The van der Waals surface area contributed by atoms with Crippen LogP contribution in [0.15, 0.2) is 28.6 Å². The second-order valence-electron chi connectivity index (χ2n) is 7.53. The molecule has 170 valence electrons. The molecule has 2 aromatic rings. The van der Waals surface area contributed by atoms with Gasteiger partial charge in [-0.25, -0.2) is 4.98 Å². The Balaban J connectivity index is 0.000000513. The average Bonchev–Trinajstić information content (AvgIpc) is 3.42. The first kappa shape index (κ1) is 24.7. The minimum Gasteiger partial charge on any atom is -0.483 e. The molecule has 2 aliphatic heterocycles. The predicted octanol–water partition coefficient (Wildman–Crippen LogP) is 2.21. The summed E-state index contributed by atoms with van der Waals surface area (Å²) in [6, 6.07) is 4.05. The van der Waals surface area contributed by atoms with E-state index in [1.807, 2.05) is 11.3 Å². The van der Waals surface area contributed by atoms with E-state index in [-0.39, 0.29) is 18.5 Å². The first-order valence-corrected chi connectivity index (χ1v) is 11.2. The van der Waals surface area contributed by atoms with Gasteiger partial charge in [-0.2, -0.15) is 0 Å². The number of aromatic amines is 1. The minimum atomic E-state index is -0.250. The maximum Gasteiger partial charge on any atom is 0.290 e. The largest absolute Gasteiger partial charge is 0.483 e. The fraction of sp³-hybridized carbons (Fsp3) is 0.524. The van der Waals surface area contributed by atoms with Crippen LogP contribution in [0.2, 0.25) is 0 Å². The van der Waals surface area contributed by atoms with Crippen molar-refractivity contribution in [1.82, 2.24) is 19.8 Å². The van der Waals surface area contributed by atoms with Crippen molar-refractivity contribution in [2.75, 3.05) is 26.2 Å². The number of piperidine rings is 1. The number of rotatable bonds is 5. The summed E-state index contributed by atoms with van der Waals surface area (Å²) in [6.07, 6.45) is 6.52. The number of hydrogen-bond acceptors (Lipinski definition) is 7. The molecule has 1 atom stereocenters. The van der Waals surface area contributed by atoms with E-state index < -0.39 is 0 Å². The van der Waals surface area contributed by atoms with Gasteiger partial charge in [0, 0.05) is 36.5 Å². The van der Waals surface area contributed by atoms with Gasteiger partial charge >= 0.3 is 0 Å². The van der Waals surface area contributed by atoms with Crippen molar-refractivity contribution in [3.05, 3.63) is 50.3 Å². The Bertz CT molecular complexity index is 844. The highest BCUT2D eigenvalue weighted by Gasteiger charge is 2.23. The number of nitrogens with one attached hydrogen (secondary N) is 1. The van der Waals surface area contributed by atoms with Crippen molar-refractivity contribution >= 4 is 24.3 Å². The van der Waals surface area contributed by atoms with Crippen LogP contribution in [0.25, 0.3) is 0 Å². The molecule has 9 nitrogen and oxygen atoms in total. The number of nitrogens with zero attached hydrogens (tertiary/aromatic N) is 3. The molecule has 0 aromatic carbocycles. The molecule has 0 bridgehead atoms. The Labute approximate surface area is 185 Å². The third-order valence-electron chi connectivity index (χ3n) is 5.32. The molecule has 3 N–H and O–H groups in total. The summed E-state index contributed by atoms with van der Waals surface area (Å²) < 4.78 is 0. The zero-order valence-corrected chi connectivity index (χ0v) is 18.3. The van der Waals surface area contributed by atoms with Crippen LogP contribution in [0.5, 0.6) is 0 Å². The molecule has 2 aliphatic rings. The summed E-state index contributed by atoms with van der Waals surface area (Å²) >= 11 is 1.89. The number of thiophene rings is 1. The summed E-state index contributed by atoms with van der Waals surface area (Å²) in [6.45, 7) is 6.26. The SMILES string of the molecule is O=CO.O=CO.O=c1cc(C2CCCN(Cc3cc(CN4CCCC4)cs3)C2)nc[nH]1. The van der Waals surface area contributed by atoms with Crippen molar-refractivity contribution < 1.29 is 19.8 Å². The molecular formula is C21H30N4O5S. The van der Waals surface area contributed by atoms with Gasteiger partial charge in [-0.3, -0.25) is 24.2 Å². The number of aromatic nitrogens is 2. The highest BCUT2D eigenvalue weighted by Crippen LogP contribution is 2.27. The quantitative estimate of drug-likeness (QED) is 0.592. The van der Waals surface area contributed by atoms with E-state index in [2.05, 4.69) is 31.2 Å². The number of carboxylic acid groups (broad SMARTS) is 2. The lowest BCUT2D eigenvalue weighted by Gasteiger charge is -2.32. The normalized spacial score (nSPS) is 18.9. The molecule has 2 aromatic heterocycles. The molecule has 0 radical (unpaired) electrons. The van der Waals surface area contributed by atoms with Crippen molar-refractivity contribution in [3.8, 4) is 0 Å². The van der Waals surface area contributed by atoms with Crippen LogP contribution in [0.3, 0.4) is 0 Å². The molecule has 0 aliphatic carbocycles. The topological polar surface area (TPSA) is 127 Å². The molecule has 0 saturated carbocycles. The van der Waals surface area contributed by atoms with Gasteiger partial charge in [0.1, 0.15) is 0 Å². The van der Waals surface area contributed by atoms with Gasteiger partial charge in [-0.15, -0.1) is 11.3 Å². The van der Waals surface area contributed by atoms with E-state index in [0.717, 1.165) is 38.3 Å². The zero-order valence-electron chi connectivity index (χ0n) is 17.5. The van der Waals surface area contributed by atoms with E-state index >= 15 is 0 Å². The lowest BCUT2D eigenvalue weighted by molar-refractivity contribution is -0.123. The molecule has 10 heteroatoms. The number of hydrogen-bond donors (Lipinski definition) is 3. The van der Waals surface area contributed by atoms with Crippen molar-refractivity contribution in [2.45, 2.75) is 44.7 Å². The fourth-order valence-electron chi connectivity index (χ4n) is 4.06. The molecule has 31 heavy (non-hydrogen) atoms. The van der Waals surface area contributed by atoms with Crippen molar-refractivity contribution in [3.63, 3.8) is 0 Å². The second-order valence-corrected chi connectivity index (χ2v) is 8.52. The number of H-pyrrole nitrogens is 1. The van der Waals surface area contributed by atoms with Crippen molar-refractivity contribution in [2.24, 2.45) is 0 Å². The van der Waals surface area contributed by atoms with Gasteiger partial charge < -0.3 is 15.2 Å². The van der Waals surface area contributed by atoms with Gasteiger partial charge in [0.25, 0.3) is 18.5 Å². The first-order chi connectivity index (χ1) is 15.1. The number of likely N-dealkylation sites (tertiary alicyclic amines) is 2. The minimum absolute atomic E-state index is 0.0491. The monoisotopic (exact) mass is 450 g/mol. The van der Waals surface area contributed by atoms with E-state index in [4.69, 9.17) is 19.8 Å². The average molecular weight is 451 g/mol. The Morgan fingerprint density at radius 1 is 1.06 bits per heavy atom. The molecule has 1 unspecified atom stereocenters. The predicted molar refractivity (Wildman–Crippen MR) is 118 cm³/mol. The van der Waals surface area contributed by atoms with Gasteiger partial charge in [0.15, 0.2) is 0 Å². The van der Waals surface area contributed by atoms with Crippen LogP contribution in [0, 0.1) is 0 Å². The smallest absolute Gasteiger partial charge is 0.290 e.